The van der Waals surface area contributed by atoms with Gasteiger partial charge in [-0.15, -0.1) is 0 Å². The van der Waals surface area contributed by atoms with Gasteiger partial charge < -0.3 is 5.11 Å². The fourth-order valence-corrected chi connectivity index (χ4v) is 0.941. The third-order valence-corrected chi connectivity index (χ3v) is 1.57. The molecule has 0 unspecified atom stereocenters. The molecule has 0 radical (unpaired) electrons. The molecule has 1 aromatic carbocycles. The predicted molar refractivity (Wildman–Crippen MR) is 42.3 cm³/mol. The Morgan fingerprint density at radius 3 is 2.36 bits per heavy atom. The second-order valence-electron chi connectivity index (χ2n) is 2.27. The lowest BCUT2D eigenvalue weighted by atomic mass is 10.2. The molecule has 1 rings (SSSR count). The molecule has 0 aliphatic rings. The van der Waals surface area contributed by atoms with E-state index < -0.39 is 6.36 Å². The Kier molecular flexibility index (Phi) is 2.85. The van der Waals surface area contributed by atoms with Crippen LogP contribution in [0.3, 0.4) is 0 Å². The van der Waals surface area contributed by atoms with Crippen molar-refractivity contribution in [3.8, 4) is 0 Å². The molecule has 0 spiro atoms. The second kappa shape index (κ2) is 3.69. The molecule has 1 N–H and O–H groups in total. The number of halogens is 2. The second-order valence-corrected chi connectivity index (χ2v) is 2.70. The fraction of sp³-hybridized carbons (Fsp3) is 0.250. The normalized spacial score (nSPS) is 13.0. The standard InChI is InChI=1S/C8H8ClFO/c9-7-3-1-6(2-4-7)5-8(10)11/h1-4,8,11H,5H2/t8-/m0/s1. The van der Waals surface area contributed by atoms with E-state index in [9.17, 15) is 4.39 Å². The van der Waals surface area contributed by atoms with Crippen molar-refractivity contribution >= 4 is 11.6 Å². The summed E-state index contributed by atoms with van der Waals surface area (Å²) in [5.74, 6) is 0. The van der Waals surface area contributed by atoms with Gasteiger partial charge in [0.15, 0.2) is 6.36 Å². The van der Waals surface area contributed by atoms with Crippen LogP contribution in [0.1, 0.15) is 5.56 Å². The van der Waals surface area contributed by atoms with E-state index in [1.807, 2.05) is 0 Å². The number of benzene rings is 1. The smallest absolute Gasteiger partial charge is 0.200 e. The summed E-state index contributed by atoms with van der Waals surface area (Å²) in [5, 5.41) is 8.99. The van der Waals surface area contributed by atoms with Crippen molar-refractivity contribution in [3.63, 3.8) is 0 Å². The molecule has 0 saturated carbocycles. The molecule has 0 fully saturated rings. The Morgan fingerprint density at radius 1 is 1.36 bits per heavy atom. The van der Waals surface area contributed by atoms with Crippen molar-refractivity contribution in [2.24, 2.45) is 0 Å². The van der Waals surface area contributed by atoms with Gasteiger partial charge in [-0.3, -0.25) is 0 Å². The van der Waals surface area contributed by atoms with Gasteiger partial charge in [0.05, 0.1) is 0 Å². The summed E-state index contributed by atoms with van der Waals surface area (Å²) in [7, 11) is 0. The summed E-state index contributed by atoms with van der Waals surface area (Å²) in [6.45, 7) is 0. The molecule has 0 heterocycles. The van der Waals surface area contributed by atoms with E-state index in [-0.39, 0.29) is 6.42 Å². The maximum atomic E-state index is 12.0. The fourth-order valence-electron chi connectivity index (χ4n) is 0.815. The number of alkyl halides is 1. The summed E-state index contributed by atoms with van der Waals surface area (Å²) in [6.07, 6.45) is -1.76. The lowest BCUT2D eigenvalue weighted by Gasteiger charge is -2.00. The Labute approximate surface area is 69.4 Å². The van der Waals surface area contributed by atoms with Crippen molar-refractivity contribution in [3.05, 3.63) is 34.9 Å². The quantitative estimate of drug-likeness (QED) is 0.729. The minimum absolute atomic E-state index is 0.0250. The van der Waals surface area contributed by atoms with Gasteiger partial charge in [0.25, 0.3) is 0 Å². The maximum absolute atomic E-state index is 12.0. The van der Waals surface area contributed by atoms with Crippen LogP contribution in [0.15, 0.2) is 24.3 Å². The van der Waals surface area contributed by atoms with Crippen LogP contribution in [0.25, 0.3) is 0 Å². The lowest BCUT2D eigenvalue weighted by Crippen LogP contribution is -2.01. The molecule has 11 heavy (non-hydrogen) atoms. The number of aliphatic hydroxyl groups excluding tert-OH is 1. The topological polar surface area (TPSA) is 20.2 Å². The third kappa shape index (κ3) is 2.87. The van der Waals surface area contributed by atoms with Crippen LogP contribution in [0, 0.1) is 0 Å². The van der Waals surface area contributed by atoms with E-state index in [0.717, 1.165) is 5.56 Å². The van der Waals surface area contributed by atoms with E-state index in [1.54, 1.807) is 24.3 Å². The van der Waals surface area contributed by atoms with E-state index in [2.05, 4.69) is 0 Å². The van der Waals surface area contributed by atoms with Crippen molar-refractivity contribution in [1.82, 2.24) is 0 Å². The van der Waals surface area contributed by atoms with Crippen LogP contribution >= 0.6 is 11.6 Å². The van der Waals surface area contributed by atoms with Gasteiger partial charge in [0.2, 0.25) is 0 Å². The van der Waals surface area contributed by atoms with Crippen LogP contribution < -0.4 is 0 Å². The molecule has 0 amide bonds. The van der Waals surface area contributed by atoms with Crippen LogP contribution in [-0.4, -0.2) is 11.5 Å². The molecule has 3 heteroatoms. The first-order chi connectivity index (χ1) is 5.18. The highest BCUT2D eigenvalue weighted by Gasteiger charge is 2.00. The van der Waals surface area contributed by atoms with Crippen LogP contribution in [0.5, 0.6) is 0 Å². The highest BCUT2D eigenvalue weighted by Crippen LogP contribution is 2.11. The minimum atomic E-state index is -1.78. The largest absolute Gasteiger partial charge is 0.364 e. The number of hydrogen-bond acceptors (Lipinski definition) is 1. The van der Waals surface area contributed by atoms with Gasteiger partial charge in [0, 0.05) is 11.4 Å². The first-order valence-electron chi connectivity index (χ1n) is 3.25. The molecule has 1 nitrogen and oxygen atoms in total. The number of hydrogen-bond donors (Lipinski definition) is 1. The summed E-state index contributed by atoms with van der Waals surface area (Å²) >= 11 is 5.59. The van der Waals surface area contributed by atoms with Crippen LogP contribution in [0.2, 0.25) is 5.02 Å². The molecule has 0 aromatic heterocycles. The van der Waals surface area contributed by atoms with Gasteiger partial charge in [-0.1, -0.05) is 23.7 Å². The van der Waals surface area contributed by atoms with Gasteiger partial charge in [-0.2, -0.15) is 0 Å². The predicted octanol–water partition coefficient (Wildman–Crippen LogP) is 2.17. The zero-order valence-corrected chi connectivity index (χ0v) is 6.55. The molecule has 60 valence electrons. The van der Waals surface area contributed by atoms with Gasteiger partial charge >= 0.3 is 0 Å². The van der Waals surface area contributed by atoms with Gasteiger partial charge in [-0.25, -0.2) is 4.39 Å². The molecule has 0 saturated heterocycles. The van der Waals surface area contributed by atoms with E-state index in [4.69, 9.17) is 16.7 Å². The van der Waals surface area contributed by atoms with E-state index >= 15 is 0 Å². The summed E-state index contributed by atoms with van der Waals surface area (Å²) in [6, 6.07) is 6.70. The van der Waals surface area contributed by atoms with Crippen molar-refractivity contribution in [2.45, 2.75) is 12.8 Å². The first-order valence-corrected chi connectivity index (χ1v) is 3.63. The maximum Gasteiger partial charge on any atom is 0.200 e. The SMILES string of the molecule is O[C@H](F)Cc1ccc(Cl)cc1. The number of rotatable bonds is 2. The zero-order chi connectivity index (χ0) is 8.27. The Balaban J connectivity index is 2.66. The Bertz CT molecular complexity index is 220. The summed E-state index contributed by atoms with van der Waals surface area (Å²) in [5.41, 5.74) is 0.740. The van der Waals surface area contributed by atoms with Gasteiger partial charge in [-0.05, 0) is 17.7 Å². The average Bonchev–Trinajstić information content (AvgIpc) is 1.93. The van der Waals surface area contributed by atoms with Crippen molar-refractivity contribution < 1.29 is 9.50 Å². The highest BCUT2D eigenvalue weighted by molar-refractivity contribution is 6.30. The minimum Gasteiger partial charge on any atom is -0.364 e. The van der Waals surface area contributed by atoms with Gasteiger partial charge in [0.1, 0.15) is 0 Å². The third-order valence-electron chi connectivity index (χ3n) is 1.32. The summed E-state index contributed by atoms with van der Waals surface area (Å²) in [4.78, 5) is 0. The zero-order valence-electron chi connectivity index (χ0n) is 5.80. The highest BCUT2D eigenvalue weighted by atomic mass is 35.5. The Hall–Kier alpha value is -0.600. The lowest BCUT2D eigenvalue weighted by molar-refractivity contribution is 0.0430. The van der Waals surface area contributed by atoms with Crippen molar-refractivity contribution in [1.29, 1.82) is 0 Å². The van der Waals surface area contributed by atoms with Crippen LogP contribution in [-0.2, 0) is 6.42 Å². The Morgan fingerprint density at radius 2 is 1.91 bits per heavy atom. The molecule has 0 aliphatic carbocycles. The molecule has 1 aromatic rings. The average molecular weight is 175 g/mol. The molecular weight excluding hydrogens is 167 g/mol. The van der Waals surface area contributed by atoms with E-state index in [0.29, 0.717) is 5.02 Å². The molecule has 0 bridgehead atoms. The molecule has 1 atom stereocenters. The molecular formula is C8H8ClFO. The number of aliphatic hydroxyl groups is 1. The van der Waals surface area contributed by atoms with Crippen LogP contribution in [0.4, 0.5) is 4.39 Å². The molecule has 0 aliphatic heterocycles. The summed E-state index contributed by atoms with van der Waals surface area (Å²) < 4.78 is 12.0. The monoisotopic (exact) mass is 174 g/mol. The van der Waals surface area contributed by atoms with Crippen molar-refractivity contribution in [2.75, 3.05) is 0 Å². The van der Waals surface area contributed by atoms with E-state index in [1.165, 1.54) is 0 Å². The first kappa shape index (κ1) is 8.50.